The summed E-state index contributed by atoms with van der Waals surface area (Å²) in [6.07, 6.45) is 0.322. The molecule has 4 aliphatic carbocycles. The largest absolute Gasteiger partial charge is 0.496 e. The first-order valence-electron chi connectivity index (χ1n) is 33.8. The molecule has 3 aromatic heterocycles. The fourth-order valence-corrected chi connectivity index (χ4v) is 17.5. The summed E-state index contributed by atoms with van der Waals surface area (Å²) in [7, 11) is 3.13. The van der Waals surface area contributed by atoms with E-state index in [1.54, 1.807) is 31.5 Å². The summed E-state index contributed by atoms with van der Waals surface area (Å²) in [5, 5.41) is 60.3. The van der Waals surface area contributed by atoms with Gasteiger partial charge in [0.2, 0.25) is 6.29 Å². The number of carbonyl (C=O) groups excluding carboxylic acids is 5. The van der Waals surface area contributed by atoms with Crippen LogP contribution in [-0.4, -0.2) is 206 Å². The molecule has 7 atom stereocenters. The van der Waals surface area contributed by atoms with E-state index in [4.69, 9.17) is 48.0 Å². The number of fused-ring (bicyclic) bond motifs is 2. The van der Waals surface area contributed by atoms with Crippen molar-refractivity contribution in [1.29, 1.82) is 0 Å². The van der Waals surface area contributed by atoms with Crippen LogP contribution in [0.1, 0.15) is 115 Å². The number of rotatable bonds is 31. The van der Waals surface area contributed by atoms with Crippen LogP contribution < -0.4 is 24.4 Å². The normalized spacial score (nSPS) is 25.0. The summed E-state index contributed by atoms with van der Waals surface area (Å²) in [5.74, 6) is -2.93. The lowest BCUT2D eigenvalue weighted by Gasteiger charge is -2.69. The Morgan fingerprint density at radius 2 is 1.55 bits per heavy atom. The number of imide groups is 1. The maximum absolute atomic E-state index is 14.2. The lowest BCUT2D eigenvalue weighted by Crippen LogP contribution is -2.64. The standard InChI is InChI=1S/C72H84N8O20S/c1-42-49(47-15-17-55(75-58(47)64(88)89)78-22-21-46-50(33-78)48(14-16-52(46)94-5)63(87)76-67-74-51-10-6-7-11-54(51)101-67)32-73-80(42)41-71-36-69(2)35-70(3,37-71)39-72(38-69,40-71)98-28-25-77(24-27-93-4)68(92)97-34-43-12-13-45(99-66-61(86)59(84)60(85)62(100-66)65(90)91)31-53(43)96-30-29-95-26-8-9-44(81)20-23-79-56(82)18-19-57(79)83/h6-7,10-19,31-32,59-62,66,84-86H,8-9,20-30,33-41H2,1-5H3,(H,88,89)(H,90,91)(H,74,76,87)/t59-,60-,61+,62-,66+,69?,70?,71?,72?/m0/s1. The van der Waals surface area contributed by atoms with Crippen molar-refractivity contribution in [1.82, 2.24) is 29.5 Å². The number of aliphatic hydroxyl groups is 3. The zero-order chi connectivity index (χ0) is 71.5. The number of anilines is 2. The minimum absolute atomic E-state index is 0.00331. The van der Waals surface area contributed by atoms with E-state index in [0.717, 1.165) is 82.6 Å². The number of ether oxygens (including phenoxy) is 8. The number of Topliss-reactive ketones (excluding diaryl/α,β-unsaturated/α-hetero) is 1. The fraction of sp³-hybridized carbons (Fsp3) is 0.500. The van der Waals surface area contributed by atoms with Crippen molar-refractivity contribution in [2.24, 2.45) is 16.2 Å². The maximum atomic E-state index is 14.2. The van der Waals surface area contributed by atoms with Crippen LogP contribution in [0.15, 0.2) is 85.1 Å². The average molecular weight is 1410 g/mol. The number of carboxylic acids is 2. The molecule has 7 aliphatic rings. The molecular weight excluding hydrogens is 1330 g/mol. The SMILES string of the molecule is COCCN(CCOC12CC3(C)CC(C)(CC(Cn4ncc(-c5ccc(N6CCc7c(OC)ccc(C(=O)Nc8nc9ccccc9s8)c7C6)nc5C(=O)O)c4C)(C3)C1)C2)C(=O)OCc1ccc(O[C@@H]2O[C@H](C(=O)O)[C@@H](O)[C@H](O)[C@H]2O)cc1OCCOCCCC(=O)CCN1C(=O)C=CC1=O. The van der Waals surface area contributed by atoms with E-state index in [1.807, 2.05) is 46.8 Å². The minimum Gasteiger partial charge on any atom is -0.496 e. The molecule has 4 amide bonds. The van der Waals surface area contributed by atoms with Crippen LogP contribution in [0, 0.1) is 23.2 Å². The molecular formula is C72H84N8O20S. The number of aliphatic carboxylic acids is 1. The van der Waals surface area contributed by atoms with E-state index < -0.39 is 66.2 Å². The van der Waals surface area contributed by atoms with E-state index in [9.17, 15) is 59.1 Å². The van der Waals surface area contributed by atoms with Crippen molar-refractivity contribution in [2.45, 2.75) is 141 Å². The average Bonchev–Trinajstić information content (AvgIpc) is 1.47. The van der Waals surface area contributed by atoms with Gasteiger partial charge in [-0.25, -0.2) is 24.4 Å². The van der Waals surface area contributed by atoms with Crippen LogP contribution in [0.5, 0.6) is 17.2 Å². The third-order valence-electron chi connectivity index (χ3n) is 20.1. The molecule has 29 heteroatoms. The zero-order valence-corrected chi connectivity index (χ0v) is 57.7. The van der Waals surface area contributed by atoms with Crippen molar-refractivity contribution in [3.63, 3.8) is 0 Å². The first-order valence-corrected chi connectivity index (χ1v) is 34.6. The highest BCUT2D eigenvalue weighted by atomic mass is 32.1. The lowest BCUT2D eigenvalue weighted by atomic mass is 9.39. The highest BCUT2D eigenvalue weighted by Gasteiger charge is 2.66. The minimum atomic E-state index is -1.95. The number of nitrogens with one attached hydrogen (secondary N) is 1. The molecule has 0 radical (unpaired) electrons. The number of aliphatic hydroxyl groups excluding tert-OH is 3. The number of benzene rings is 3. The number of methoxy groups -OCH3 is 2. The molecule has 101 heavy (non-hydrogen) atoms. The van der Waals surface area contributed by atoms with Crippen molar-refractivity contribution >= 4 is 74.0 Å². The van der Waals surface area contributed by atoms with Crippen LogP contribution in [0.4, 0.5) is 15.7 Å². The van der Waals surface area contributed by atoms with Crippen molar-refractivity contribution < 1.29 is 97.0 Å². The van der Waals surface area contributed by atoms with Gasteiger partial charge in [-0.2, -0.15) is 5.10 Å². The van der Waals surface area contributed by atoms with Crippen molar-refractivity contribution in [3.05, 3.63) is 119 Å². The maximum Gasteiger partial charge on any atom is 0.410 e. The number of carbonyl (C=O) groups is 7. The van der Waals surface area contributed by atoms with E-state index in [1.165, 1.54) is 41.5 Å². The number of nitrogens with zero attached hydrogens (tertiary/aromatic N) is 7. The Hall–Kier alpha value is -8.94. The van der Waals surface area contributed by atoms with Gasteiger partial charge in [0, 0.05) is 118 Å². The van der Waals surface area contributed by atoms with E-state index in [-0.39, 0.29) is 124 Å². The summed E-state index contributed by atoms with van der Waals surface area (Å²) in [6, 6.07) is 19.2. The monoisotopic (exact) mass is 1410 g/mol. The molecule has 1 saturated heterocycles. The first-order chi connectivity index (χ1) is 48.4. The third-order valence-corrected chi connectivity index (χ3v) is 21.0. The van der Waals surface area contributed by atoms with Gasteiger partial charge in [-0.1, -0.05) is 37.3 Å². The number of ketones is 1. The molecule has 4 bridgehead atoms. The number of amides is 4. The summed E-state index contributed by atoms with van der Waals surface area (Å²) in [5.41, 5.74) is 4.10. The molecule has 4 saturated carbocycles. The van der Waals surface area contributed by atoms with Crippen LogP contribution >= 0.6 is 11.3 Å². The third kappa shape index (κ3) is 15.8. The van der Waals surface area contributed by atoms with Gasteiger partial charge in [0.05, 0.1) is 48.9 Å². The Labute approximate surface area is 586 Å². The summed E-state index contributed by atoms with van der Waals surface area (Å²) < 4.78 is 50.2. The predicted molar refractivity (Wildman–Crippen MR) is 364 cm³/mol. The summed E-state index contributed by atoms with van der Waals surface area (Å²) in [4.78, 5) is 103. The highest BCUT2D eigenvalue weighted by molar-refractivity contribution is 7.22. The smallest absolute Gasteiger partial charge is 0.410 e. The Balaban J connectivity index is 0.691. The van der Waals surface area contributed by atoms with E-state index >= 15 is 0 Å². The number of hydrogen-bond acceptors (Lipinski definition) is 23. The molecule has 5 fully saturated rings. The number of hydrogen-bond donors (Lipinski definition) is 6. The molecule has 28 nitrogen and oxygen atoms in total. The molecule has 538 valence electrons. The Morgan fingerprint density at radius 3 is 2.29 bits per heavy atom. The van der Waals surface area contributed by atoms with Crippen LogP contribution in [-0.2, 0) is 69.0 Å². The fourth-order valence-electron chi connectivity index (χ4n) is 16.6. The second kappa shape index (κ2) is 29.9. The summed E-state index contributed by atoms with van der Waals surface area (Å²) in [6.45, 7) is 8.52. The van der Waals surface area contributed by atoms with Crippen LogP contribution in [0.25, 0.3) is 21.3 Å². The van der Waals surface area contributed by atoms with E-state index in [2.05, 4.69) is 24.1 Å². The Kier molecular flexibility index (Phi) is 21.3. The predicted octanol–water partition coefficient (Wildman–Crippen LogP) is 7.14. The second-order valence-electron chi connectivity index (χ2n) is 27.9. The zero-order valence-electron chi connectivity index (χ0n) is 56.9. The van der Waals surface area contributed by atoms with E-state index in [0.29, 0.717) is 64.9 Å². The van der Waals surface area contributed by atoms with Crippen LogP contribution in [0.3, 0.4) is 0 Å². The quantitative estimate of drug-likeness (QED) is 0.0186. The molecule has 3 aliphatic heterocycles. The number of para-hydroxylation sites is 1. The van der Waals surface area contributed by atoms with Gasteiger partial charge in [0.1, 0.15) is 60.4 Å². The molecule has 13 rings (SSSR count). The Bertz CT molecular complexity index is 4110. The van der Waals surface area contributed by atoms with Gasteiger partial charge in [0.15, 0.2) is 16.9 Å². The van der Waals surface area contributed by atoms with Gasteiger partial charge in [-0.3, -0.25) is 34.1 Å². The number of thiazole rings is 1. The highest BCUT2D eigenvalue weighted by Crippen LogP contribution is 2.72. The second-order valence-corrected chi connectivity index (χ2v) is 29.0. The van der Waals surface area contributed by atoms with Gasteiger partial charge >= 0.3 is 18.0 Å². The first kappa shape index (κ1) is 71.9. The van der Waals surface area contributed by atoms with Crippen molar-refractivity contribution in [2.75, 3.05) is 83.6 Å². The topological polar surface area (TPSA) is 360 Å². The molecule has 6 aromatic rings. The lowest BCUT2D eigenvalue weighted by molar-refractivity contribution is -0.271. The molecule has 6 N–H and O–H groups in total. The number of carboxylic acid groups (broad SMARTS) is 2. The van der Waals surface area contributed by atoms with Gasteiger partial charge < -0.3 is 73.2 Å². The van der Waals surface area contributed by atoms with Crippen LogP contribution in [0.2, 0.25) is 0 Å². The number of aromatic carboxylic acids is 1. The molecule has 0 spiro atoms. The number of aromatic nitrogens is 4. The summed E-state index contributed by atoms with van der Waals surface area (Å²) >= 11 is 1.39. The van der Waals surface area contributed by atoms with Gasteiger partial charge in [-0.05, 0) is 129 Å². The van der Waals surface area contributed by atoms with Crippen molar-refractivity contribution in [3.8, 4) is 28.4 Å². The molecule has 6 heterocycles. The molecule has 2 unspecified atom stereocenters. The van der Waals surface area contributed by atoms with Gasteiger partial charge in [0.25, 0.3) is 17.7 Å². The Morgan fingerprint density at radius 1 is 0.792 bits per heavy atom. The van der Waals surface area contributed by atoms with Gasteiger partial charge in [-0.15, -0.1) is 0 Å². The molecule has 3 aromatic carbocycles. The number of pyridine rings is 1.